The molecule has 0 N–H and O–H groups in total. The van der Waals surface area contributed by atoms with Gasteiger partial charge in [-0.3, -0.25) is 0 Å². The minimum Gasteiger partial charge on any atom is -0.0622 e. The van der Waals surface area contributed by atoms with Crippen LogP contribution in [-0.4, -0.2) is 0 Å². The van der Waals surface area contributed by atoms with Gasteiger partial charge in [-0.05, 0) is 164 Å². The number of hydrogen-bond donors (Lipinski definition) is 0. The Balaban J connectivity index is 1.20. The summed E-state index contributed by atoms with van der Waals surface area (Å²) in [5, 5.41) is 10.3. The van der Waals surface area contributed by atoms with Gasteiger partial charge < -0.3 is 0 Å². The van der Waals surface area contributed by atoms with Crippen molar-refractivity contribution in [2.75, 3.05) is 0 Å². The van der Waals surface area contributed by atoms with E-state index < -0.39 is 0 Å². The van der Waals surface area contributed by atoms with Crippen molar-refractivity contribution >= 4 is 43.1 Å². The molecule has 0 aliphatic heterocycles. The van der Waals surface area contributed by atoms with Gasteiger partial charge in [-0.2, -0.15) is 0 Å². The quantitative estimate of drug-likeness (QED) is 0.106. The van der Waals surface area contributed by atoms with E-state index >= 15 is 0 Å². The van der Waals surface area contributed by atoms with Crippen LogP contribution < -0.4 is 0 Å². The van der Waals surface area contributed by atoms with Crippen molar-refractivity contribution in [3.63, 3.8) is 0 Å². The maximum Gasteiger partial charge on any atom is -0.00199 e. The van der Waals surface area contributed by atoms with Gasteiger partial charge in [-0.25, -0.2) is 0 Å². The minimum absolute atomic E-state index is 0.384. The summed E-state index contributed by atoms with van der Waals surface area (Å²) >= 11 is 0. The molecule has 0 amide bonds. The van der Waals surface area contributed by atoms with Gasteiger partial charge in [0, 0.05) is 0 Å². The third kappa shape index (κ3) is 7.08. The molecule has 0 spiro atoms. The molecule has 0 bridgehead atoms. The molecule has 0 heterocycles. The predicted octanol–water partition coefficient (Wildman–Crippen LogP) is 18.3. The second-order valence-corrected chi connectivity index (χ2v) is 18.4. The molecule has 10 rings (SSSR count). The van der Waals surface area contributed by atoms with Gasteiger partial charge in [0.2, 0.25) is 0 Å². The Hall–Kier alpha value is -6.76. The van der Waals surface area contributed by atoms with Crippen LogP contribution in [0.3, 0.4) is 0 Å². The van der Waals surface area contributed by atoms with Crippen LogP contribution in [0.2, 0.25) is 0 Å². The van der Waals surface area contributed by atoms with E-state index in [4.69, 9.17) is 0 Å². The average molecular weight is 799 g/mol. The first-order valence-corrected chi connectivity index (χ1v) is 22.5. The first-order valence-electron chi connectivity index (χ1n) is 22.5. The zero-order valence-corrected chi connectivity index (χ0v) is 37.1. The van der Waals surface area contributed by atoms with Crippen molar-refractivity contribution in [3.8, 4) is 55.6 Å². The van der Waals surface area contributed by atoms with Crippen LogP contribution in [-0.2, 0) is 0 Å². The fourth-order valence-corrected chi connectivity index (χ4v) is 9.63. The zero-order chi connectivity index (χ0) is 42.6. The summed E-state index contributed by atoms with van der Waals surface area (Å²) in [4.78, 5) is 0. The van der Waals surface area contributed by atoms with Crippen molar-refractivity contribution in [1.82, 2.24) is 0 Å². The smallest absolute Gasteiger partial charge is 0.00199 e. The van der Waals surface area contributed by atoms with Gasteiger partial charge in [-0.1, -0.05) is 205 Å². The first kappa shape index (κ1) is 39.4. The van der Waals surface area contributed by atoms with Gasteiger partial charge in [0.1, 0.15) is 0 Å². The highest BCUT2D eigenvalue weighted by Crippen LogP contribution is 2.47. The molecule has 0 aliphatic rings. The Morgan fingerprint density at radius 2 is 0.758 bits per heavy atom. The summed E-state index contributed by atoms with van der Waals surface area (Å²) in [6.07, 6.45) is 0. The summed E-state index contributed by atoms with van der Waals surface area (Å²) in [6, 6.07) is 69.2. The fourth-order valence-electron chi connectivity index (χ4n) is 9.63. The molecule has 0 unspecified atom stereocenters. The predicted molar refractivity (Wildman–Crippen MR) is 271 cm³/mol. The van der Waals surface area contributed by atoms with Gasteiger partial charge in [0.25, 0.3) is 0 Å². The number of hydrogen-bond acceptors (Lipinski definition) is 0. The SMILES string of the molecule is Cc1ccc(-c2c3ccccc3c(-c3cc4ccc(-c5cc(-c6cc(-c7ccccc7)cc(C(C)C)c6)cc(C(C)C)c5)cc4c4cc(C(C)C)ccc34)c3ccccc23)cc1. The van der Waals surface area contributed by atoms with Crippen molar-refractivity contribution in [3.05, 3.63) is 204 Å². The van der Waals surface area contributed by atoms with Crippen LogP contribution in [0.4, 0.5) is 0 Å². The van der Waals surface area contributed by atoms with Gasteiger partial charge in [0.05, 0.1) is 0 Å². The minimum atomic E-state index is 0.384. The number of benzene rings is 10. The molecule has 0 aliphatic carbocycles. The second-order valence-electron chi connectivity index (χ2n) is 18.4. The molecule has 62 heavy (non-hydrogen) atoms. The second kappa shape index (κ2) is 15.9. The van der Waals surface area contributed by atoms with E-state index in [0.717, 1.165) is 0 Å². The zero-order valence-electron chi connectivity index (χ0n) is 37.1. The number of fused-ring (bicyclic) bond motifs is 5. The number of aryl methyl sites for hydroxylation is 1. The van der Waals surface area contributed by atoms with Gasteiger partial charge in [0.15, 0.2) is 0 Å². The summed E-state index contributed by atoms with van der Waals surface area (Å²) in [7, 11) is 0. The normalized spacial score (nSPS) is 11.9. The van der Waals surface area contributed by atoms with E-state index in [9.17, 15) is 0 Å². The van der Waals surface area contributed by atoms with Crippen LogP contribution in [0.25, 0.3) is 98.7 Å². The highest BCUT2D eigenvalue weighted by molar-refractivity contribution is 6.26. The standard InChI is InChI=1S/C62H54/c1-38(2)44-27-28-53-59(35-44)58-36-45(50-30-48(40(5)6)32-52(34-50)51-31-47(39(3)4)29-49(33-51)42-15-9-8-10-16-42)25-26-46(58)37-60(53)62-56-19-13-11-17-54(56)61(43-23-21-41(7)22-24-43)55-18-12-14-20-57(55)62/h8-40H,1-7H3. The van der Waals surface area contributed by atoms with Crippen LogP contribution >= 0.6 is 0 Å². The number of rotatable bonds is 8. The molecular weight excluding hydrogens is 745 g/mol. The lowest BCUT2D eigenvalue weighted by molar-refractivity contribution is 0.865. The topological polar surface area (TPSA) is 0 Å². The fraction of sp³-hybridized carbons (Fsp3) is 0.161. The summed E-state index contributed by atoms with van der Waals surface area (Å²) < 4.78 is 0. The molecule has 0 heteroatoms. The summed E-state index contributed by atoms with van der Waals surface area (Å²) in [6.45, 7) is 16.0. The van der Waals surface area contributed by atoms with E-state index in [1.165, 1.54) is 121 Å². The molecule has 0 fully saturated rings. The van der Waals surface area contributed by atoms with E-state index in [1.54, 1.807) is 0 Å². The van der Waals surface area contributed by atoms with Crippen LogP contribution in [0.1, 0.15) is 81.5 Å². The molecule has 0 atom stereocenters. The molecule has 10 aromatic carbocycles. The molecule has 0 aromatic heterocycles. The van der Waals surface area contributed by atoms with Gasteiger partial charge >= 0.3 is 0 Å². The molecule has 0 radical (unpaired) electrons. The van der Waals surface area contributed by atoms with Crippen LogP contribution in [0.5, 0.6) is 0 Å². The summed E-state index contributed by atoms with van der Waals surface area (Å²) in [5.41, 5.74) is 18.0. The lowest BCUT2D eigenvalue weighted by Crippen LogP contribution is -1.95. The summed E-state index contributed by atoms with van der Waals surface area (Å²) in [5.74, 6) is 1.21. The highest BCUT2D eigenvalue weighted by Gasteiger charge is 2.20. The molecule has 10 aromatic rings. The Labute approximate surface area is 367 Å². The molecule has 0 saturated heterocycles. The van der Waals surface area contributed by atoms with E-state index in [0.29, 0.717) is 17.8 Å². The highest BCUT2D eigenvalue weighted by atomic mass is 14.2. The first-order chi connectivity index (χ1) is 30.1. The molecule has 0 saturated carbocycles. The Bertz CT molecular complexity index is 3250. The lowest BCUT2D eigenvalue weighted by Gasteiger charge is -2.20. The van der Waals surface area contributed by atoms with Crippen molar-refractivity contribution in [2.45, 2.75) is 66.2 Å². The maximum absolute atomic E-state index is 2.47. The third-order valence-electron chi connectivity index (χ3n) is 13.2. The van der Waals surface area contributed by atoms with Crippen LogP contribution in [0, 0.1) is 6.92 Å². The van der Waals surface area contributed by atoms with Crippen molar-refractivity contribution in [2.24, 2.45) is 0 Å². The maximum atomic E-state index is 2.47. The Morgan fingerprint density at radius 3 is 1.31 bits per heavy atom. The van der Waals surface area contributed by atoms with Crippen molar-refractivity contribution in [1.29, 1.82) is 0 Å². The molecular formula is C62H54. The molecule has 0 nitrogen and oxygen atoms in total. The van der Waals surface area contributed by atoms with Gasteiger partial charge in [-0.15, -0.1) is 0 Å². The largest absolute Gasteiger partial charge is 0.0622 e. The lowest BCUT2D eigenvalue weighted by atomic mass is 9.83. The van der Waals surface area contributed by atoms with E-state index in [1.807, 2.05) is 0 Å². The Kier molecular flexibility index (Phi) is 10.1. The van der Waals surface area contributed by atoms with E-state index in [2.05, 4.69) is 230 Å². The van der Waals surface area contributed by atoms with Crippen molar-refractivity contribution < 1.29 is 0 Å². The monoisotopic (exact) mass is 798 g/mol. The van der Waals surface area contributed by atoms with E-state index in [-0.39, 0.29) is 0 Å². The third-order valence-corrected chi connectivity index (χ3v) is 13.2. The Morgan fingerprint density at radius 1 is 0.274 bits per heavy atom. The van der Waals surface area contributed by atoms with Crippen LogP contribution in [0.15, 0.2) is 182 Å². The molecule has 302 valence electrons. The average Bonchev–Trinajstić information content (AvgIpc) is 3.30.